The van der Waals surface area contributed by atoms with Crippen molar-refractivity contribution in [2.24, 2.45) is 5.73 Å². The largest absolute Gasteiger partial charge is 0.480 e. The molecule has 1 aliphatic rings. The maximum Gasteiger partial charge on any atom is 0.326 e. The third-order valence-electron chi connectivity index (χ3n) is 3.05. The number of β-amino-alcohol motifs (C(OH)–C–C–N with tert-alkyl or cyclic N) is 1. The Morgan fingerprint density at radius 2 is 1.89 bits per heavy atom. The van der Waals surface area contributed by atoms with Gasteiger partial charge in [-0.1, -0.05) is 0 Å². The molecular weight excluding hydrogens is 236 g/mol. The van der Waals surface area contributed by atoms with E-state index in [2.05, 4.69) is 0 Å². The van der Waals surface area contributed by atoms with Crippen LogP contribution in [0.25, 0.3) is 0 Å². The number of aliphatic hydroxyl groups excluding tert-OH is 1. The summed E-state index contributed by atoms with van der Waals surface area (Å²) in [4.78, 5) is 23.6. The Bertz CT molecular complexity index is 471. The molecule has 1 saturated heterocycles. The Morgan fingerprint density at radius 3 is 2.39 bits per heavy atom. The van der Waals surface area contributed by atoms with Gasteiger partial charge in [0.1, 0.15) is 6.04 Å². The molecule has 6 nitrogen and oxygen atoms in total. The Morgan fingerprint density at radius 1 is 1.28 bits per heavy atom. The van der Waals surface area contributed by atoms with Crippen LogP contribution in [0.1, 0.15) is 16.8 Å². The van der Waals surface area contributed by atoms with Crippen LogP contribution in [-0.4, -0.2) is 40.8 Å². The fourth-order valence-electron chi connectivity index (χ4n) is 2.15. The van der Waals surface area contributed by atoms with Crippen molar-refractivity contribution in [3.8, 4) is 0 Å². The van der Waals surface area contributed by atoms with Gasteiger partial charge in [0.05, 0.1) is 6.10 Å². The van der Waals surface area contributed by atoms with Crippen molar-refractivity contribution in [3.63, 3.8) is 0 Å². The highest BCUT2D eigenvalue weighted by atomic mass is 16.4. The second-order valence-corrected chi connectivity index (χ2v) is 4.31. The van der Waals surface area contributed by atoms with Crippen molar-refractivity contribution in [2.45, 2.75) is 18.6 Å². The molecular formula is C12H14N2O4. The zero-order valence-corrected chi connectivity index (χ0v) is 9.61. The fraction of sp³-hybridized carbons (Fsp3) is 0.333. The van der Waals surface area contributed by atoms with E-state index >= 15 is 0 Å². The van der Waals surface area contributed by atoms with Crippen LogP contribution in [0, 0.1) is 0 Å². The lowest BCUT2D eigenvalue weighted by molar-refractivity contribution is -0.138. The van der Waals surface area contributed by atoms with Crippen molar-refractivity contribution < 1.29 is 19.8 Å². The molecule has 0 radical (unpaired) electrons. The van der Waals surface area contributed by atoms with Crippen molar-refractivity contribution in [3.05, 3.63) is 29.8 Å². The summed E-state index contributed by atoms with van der Waals surface area (Å²) in [6.45, 7) is 0.271. The number of amides is 1. The van der Waals surface area contributed by atoms with Crippen LogP contribution in [0.5, 0.6) is 0 Å². The van der Waals surface area contributed by atoms with Gasteiger partial charge in [-0.05, 0) is 24.3 Å². The van der Waals surface area contributed by atoms with Gasteiger partial charge < -0.3 is 20.8 Å². The molecule has 1 aromatic carbocycles. The molecule has 0 bridgehead atoms. The molecule has 18 heavy (non-hydrogen) atoms. The number of primary amides is 1. The van der Waals surface area contributed by atoms with Crippen molar-refractivity contribution in [1.82, 2.24) is 0 Å². The number of nitrogens with zero attached hydrogens (tertiary/aromatic N) is 1. The number of nitrogens with two attached hydrogens (primary N) is 1. The Labute approximate surface area is 104 Å². The SMILES string of the molecule is NC(=O)c1ccc(N2CC(O)CC2C(=O)O)cc1. The highest BCUT2D eigenvalue weighted by Gasteiger charge is 2.35. The predicted octanol–water partition coefficient (Wildman–Crippen LogP) is -0.190. The Balaban J connectivity index is 2.24. The van der Waals surface area contributed by atoms with Crippen LogP contribution in [0.4, 0.5) is 5.69 Å². The highest BCUT2D eigenvalue weighted by molar-refractivity contribution is 5.93. The maximum absolute atomic E-state index is 11.1. The molecule has 4 N–H and O–H groups in total. The minimum absolute atomic E-state index is 0.201. The summed E-state index contributed by atoms with van der Waals surface area (Å²) in [5, 5.41) is 18.6. The van der Waals surface area contributed by atoms with E-state index in [0.29, 0.717) is 11.3 Å². The zero-order valence-electron chi connectivity index (χ0n) is 9.61. The lowest BCUT2D eigenvalue weighted by Crippen LogP contribution is -2.35. The average Bonchev–Trinajstić information content (AvgIpc) is 2.71. The Hall–Kier alpha value is -2.08. The van der Waals surface area contributed by atoms with Crippen LogP contribution in [0.2, 0.25) is 0 Å². The van der Waals surface area contributed by atoms with Gasteiger partial charge >= 0.3 is 5.97 Å². The number of carboxylic acids is 1. The number of carbonyl (C=O) groups excluding carboxylic acids is 1. The number of carbonyl (C=O) groups is 2. The van der Waals surface area contributed by atoms with Gasteiger partial charge in [0.25, 0.3) is 0 Å². The summed E-state index contributed by atoms with van der Waals surface area (Å²) >= 11 is 0. The molecule has 0 saturated carbocycles. The average molecular weight is 250 g/mol. The highest BCUT2D eigenvalue weighted by Crippen LogP contribution is 2.26. The normalized spacial score (nSPS) is 23.1. The first-order chi connectivity index (χ1) is 8.49. The monoisotopic (exact) mass is 250 g/mol. The van der Waals surface area contributed by atoms with Crippen LogP contribution >= 0.6 is 0 Å². The minimum Gasteiger partial charge on any atom is -0.480 e. The van der Waals surface area contributed by atoms with Crippen LogP contribution < -0.4 is 10.6 Å². The summed E-state index contributed by atoms with van der Waals surface area (Å²) in [6, 6.07) is 5.62. The molecule has 0 aromatic heterocycles. The van der Waals surface area contributed by atoms with E-state index in [-0.39, 0.29) is 13.0 Å². The number of hydrogen-bond donors (Lipinski definition) is 3. The van der Waals surface area contributed by atoms with Crippen molar-refractivity contribution >= 4 is 17.6 Å². The summed E-state index contributed by atoms with van der Waals surface area (Å²) in [5.41, 5.74) is 6.15. The first-order valence-corrected chi connectivity index (χ1v) is 5.56. The third-order valence-corrected chi connectivity index (χ3v) is 3.05. The molecule has 2 unspecified atom stereocenters. The number of aliphatic carboxylic acids is 1. The van der Waals surface area contributed by atoms with E-state index in [0.717, 1.165) is 0 Å². The van der Waals surface area contributed by atoms with Crippen molar-refractivity contribution in [2.75, 3.05) is 11.4 Å². The molecule has 0 aliphatic carbocycles. The zero-order chi connectivity index (χ0) is 13.3. The first kappa shape index (κ1) is 12.4. The predicted molar refractivity (Wildman–Crippen MR) is 64.4 cm³/mol. The lowest BCUT2D eigenvalue weighted by atomic mass is 10.1. The molecule has 6 heteroatoms. The van der Waals surface area contributed by atoms with Gasteiger partial charge in [-0.25, -0.2) is 4.79 Å². The van der Waals surface area contributed by atoms with E-state index < -0.39 is 24.0 Å². The van der Waals surface area contributed by atoms with E-state index in [1.165, 1.54) is 0 Å². The molecule has 2 atom stereocenters. The second kappa shape index (κ2) is 4.66. The lowest BCUT2D eigenvalue weighted by Gasteiger charge is -2.23. The minimum atomic E-state index is -0.967. The molecule has 1 heterocycles. The van der Waals surface area contributed by atoms with Gasteiger partial charge in [-0.15, -0.1) is 0 Å². The van der Waals surface area contributed by atoms with E-state index in [4.69, 9.17) is 10.8 Å². The maximum atomic E-state index is 11.1. The summed E-state index contributed by atoms with van der Waals surface area (Å²) in [5.74, 6) is -1.50. The molecule has 1 aromatic rings. The van der Waals surface area contributed by atoms with Crippen LogP contribution in [0.15, 0.2) is 24.3 Å². The van der Waals surface area contributed by atoms with E-state index in [1.807, 2.05) is 0 Å². The fourth-order valence-corrected chi connectivity index (χ4v) is 2.15. The first-order valence-electron chi connectivity index (χ1n) is 5.56. The van der Waals surface area contributed by atoms with E-state index in [9.17, 15) is 14.7 Å². The number of anilines is 1. The Kier molecular flexibility index (Phi) is 3.20. The molecule has 1 amide bonds. The third kappa shape index (κ3) is 2.28. The number of aliphatic hydroxyl groups is 1. The molecule has 2 rings (SSSR count). The molecule has 0 spiro atoms. The smallest absolute Gasteiger partial charge is 0.326 e. The van der Waals surface area contributed by atoms with Gasteiger partial charge in [0.2, 0.25) is 5.91 Å². The topological polar surface area (TPSA) is 104 Å². The van der Waals surface area contributed by atoms with Gasteiger partial charge in [-0.3, -0.25) is 4.79 Å². The number of rotatable bonds is 3. The molecule has 1 aliphatic heterocycles. The summed E-state index contributed by atoms with van der Waals surface area (Å²) < 4.78 is 0. The van der Waals surface area contributed by atoms with E-state index in [1.54, 1.807) is 29.2 Å². The van der Waals surface area contributed by atoms with Gasteiger partial charge in [-0.2, -0.15) is 0 Å². The second-order valence-electron chi connectivity index (χ2n) is 4.31. The van der Waals surface area contributed by atoms with Gasteiger partial charge in [0, 0.05) is 24.2 Å². The quantitative estimate of drug-likeness (QED) is 0.689. The van der Waals surface area contributed by atoms with Crippen LogP contribution in [0.3, 0.4) is 0 Å². The number of carboxylic acid groups (broad SMARTS) is 1. The molecule has 96 valence electrons. The van der Waals surface area contributed by atoms with Crippen LogP contribution in [-0.2, 0) is 4.79 Å². The summed E-state index contributed by atoms with van der Waals surface area (Å²) in [7, 11) is 0. The number of hydrogen-bond acceptors (Lipinski definition) is 4. The van der Waals surface area contributed by atoms with Crippen molar-refractivity contribution in [1.29, 1.82) is 0 Å². The summed E-state index contributed by atoms with van der Waals surface area (Å²) in [6.07, 6.45) is -0.450. The van der Waals surface area contributed by atoms with Gasteiger partial charge in [0.15, 0.2) is 0 Å². The standard InChI is InChI=1S/C12H14N2O4/c13-11(16)7-1-3-8(4-2-7)14-6-9(15)5-10(14)12(17)18/h1-4,9-10,15H,5-6H2,(H2,13,16)(H,17,18). The number of benzene rings is 1. The molecule has 1 fully saturated rings.